The number of hydrogen-bond acceptors (Lipinski definition) is 2. The Kier molecular flexibility index (Phi) is 7.24. The molecule has 0 amide bonds. The van der Waals surface area contributed by atoms with E-state index in [1.54, 1.807) is 0 Å². The maximum atomic E-state index is 2.51. The molecular weight excluding hydrogens is 785 g/mol. The SMILES string of the molecule is c1ccc2c(c1)-c1cc(-c3ccc4sc5ccccc5c4c3)c(-c3ccc4sc5ccccc5c4c3)cc1-c1ccccc1-c1cc3c4ccccc4c4ccccc4c3cc1-2. The first-order valence-electron chi connectivity index (χ1n) is 21.3. The molecule has 2 heteroatoms. The fourth-order valence-electron chi connectivity index (χ4n) is 10.6. The molecule has 0 saturated carbocycles. The second-order valence-electron chi connectivity index (χ2n) is 16.7. The van der Waals surface area contributed by atoms with Gasteiger partial charge in [0.25, 0.3) is 0 Å². The molecule has 0 atom stereocenters. The number of rotatable bonds is 2. The number of benzene rings is 11. The molecule has 0 radical (unpaired) electrons. The van der Waals surface area contributed by atoms with Crippen LogP contribution < -0.4 is 0 Å². The molecule has 0 N–H and O–H groups in total. The smallest absolute Gasteiger partial charge is 0.0355 e. The van der Waals surface area contributed by atoms with Gasteiger partial charge in [-0.3, -0.25) is 0 Å². The summed E-state index contributed by atoms with van der Waals surface area (Å²) in [5.74, 6) is 0. The Morgan fingerprint density at radius 3 is 0.887 bits per heavy atom. The second kappa shape index (κ2) is 13.1. The highest BCUT2D eigenvalue weighted by atomic mass is 32.1. The molecule has 0 spiro atoms. The number of thiophene rings is 2. The molecule has 0 nitrogen and oxygen atoms in total. The van der Waals surface area contributed by atoms with Crippen molar-refractivity contribution in [3.05, 3.63) is 206 Å². The van der Waals surface area contributed by atoms with Crippen molar-refractivity contribution < 1.29 is 0 Å². The fraction of sp³-hybridized carbons (Fsp3) is 0. The highest BCUT2D eigenvalue weighted by Crippen LogP contribution is 2.53. The van der Waals surface area contributed by atoms with Crippen molar-refractivity contribution >= 4 is 95.3 Å². The molecule has 0 fully saturated rings. The third kappa shape index (κ3) is 4.94. The third-order valence-electron chi connectivity index (χ3n) is 13.4. The van der Waals surface area contributed by atoms with Crippen LogP contribution in [-0.2, 0) is 0 Å². The second-order valence-corrected chi connectivity index (χ2v) is 18.9. The molecule has 0 aliphatic heterocycles. The Hall–Kier alpha value is -7.36. The Bertz CT molecular complexity index is 3780. The zero-order valence-electron chi connectivity index (χ0n) is 33.4. The molecule has 0 bridgehead atoms. The first-order valence-corrected chi connectivity index (χ1v) is 22.9. The first kappa shape index (κ1) is 34.4. The minimum atomic E-state index is 1.23. The van der Waals surface area contributed by atoms with Crippen LogP contribution in [0.4, 0.5) is 0 Å². The van der Waals surface area contributed by atoms with E-state index in [1.807, 2.05) is 22.7 Å². The molecule has 11 aromatic carbocycles. The van der Waals surface area contributed by atoms with Crippen LogP contribution in [0.2, 0.25) is 0 Å². The van der Waals surface area contributed by atoms with E-state index in [-0.39, 0.29) is 0 Å². The summed E-state index contributed by atoms with van der Waals surface area (Å²) in [6.07, 6.45) is 0. The highest BCUT2D eigenvalue weighted by molar-refractivity contribution is 7.26. The molecule has 0 unspecified atom stereocenters. The predicted octanol–water partition coefficient (Wildman–Crippen LogP) is 18.2. The molecule has 1 aliphatic carbocycles. The van der Waals surface area contributed by atoms with Gasteiger partial charge >= 0.3 is 0 Å². The van der Waals surface area contributed by atoms with E-state index in [4.69, 9.17) is 0 Å². The lowest BCUT2D eigenvalue weighted by molar-refractivity contribution is 1.52. The lowest BCUT2D eigenvalue weighted by Crippen LogP contribution is -1.99. The Balaban J connectivity index is 1.11. The van der Waals surface area contributed by atoms with Crippen molar-refractivity contribution in [1.82, 2.24) is 0 Å². The first-order chi connectivity index (χ1) is 30.7. The van der Waals surface area contributed by atoms with Crippen LogP contribution in [0.1, 0.15) is 0 Å². The zero-order chi connectivity index (χ0) is 40.5. The minimum Gasteiger partial charge on any atom is -0.135 e. The lowest BCUT2D eigenvalue weighted by Gasteiger charge is -2.26. The summed E-state index contributed by atoms with van der Waals surface area (Å²) < 4.78 is 5.28. The monoisotopic (exact) mass is 818 g/mol. The Morgan fingerprint density at radius 2 is 0.484 bits per heavy atom. The van der Waals surface area contributed by atoms with Crippen molar-refractivity contribution in [2.45, 2.75) is 0 Å². The summed E-state index contributed by atoms with van der Waals surface area (Å²) >= 11 is 3.75. The van der Waals surface area contributed by atoms with Gasteiger partial charge in [-0.05, 0) is 160 Å². The van der Waals surface area contributed by atoms with Crippen molar-refractivity contribution in [2.24, 2.45) is 0 Å². The average Bonchev–Trinajstić information content (AvgIpc) is 3.91. The predicted molar refractivity (Wildman–Crippen MR) is 271 cm³/mol. The number of fused-ring (bicyclic) bond motifs is 20. The Labute approximate surface area is 366 Å². The van der Waals surface area contributed by atoms with Gasteiger partial charge in [0.05, 0.1) is 0 Å². The van der Waals surface area contributed by atoms with Crippen LogP contribution >= 0.6 is 22.7 Å². The zero-order valence-corrected chi connectivity index (χ0v) is 35.1. The van der Waals surface area contributed by atoms with E-state index in [0.29, 0.717) is 0 Å². The molecule has 2 aromatic heterocycles. The van der Waals surface area contributed by atoms with Gasteiger partial charge in [0.2, 0.25) is 0 Å². The van der Waals surface area contributed by atoms with Crippen LogP contribution in [0.15, 0.2) is 206 Å². The molecule has 13 aromatic rings. The van der Waals surface area contributed by atoms with Gasteiger partial charge in [0.15, 0.2) is 0 Å². The average molecular weight is 819 g/mol. The Morgan fingerprint density at radius 1 is 0.177 bits per heavy atom. The van der Waals surface area contributed by atoms with E-state index in [0.717, 1.165) is 0 Å². The molecule has 62 heavy (non-hydrogen) atoms. The van der Waals surface area contributed by atoms with Gasteiger partial charge < -0.3 is 0 Å². The van der Waals surface area contributed by atoms with Crippen LogP contribution in [0, 0.1) is 0 Å². The van der Waals surface area contributed by atoms with Gasteiger partial charge in [-0.15, -0.1) is 22.7 Å². The van der Waals surface area contributed by atoms with Crippen molar-refractivity contribution in [3.8, 4) is 66.8 Å². The van der Waals surface area contributed by atoms with Crippen molar-refractivity contribution in [1.29, 1.82) is 0 Å². The van der Waals surface area contributed by atoms with Crippen LogP contribution in [0.3, 0.4) is 0 Å². The lowest BCUT2D eigenvalue weighted by atomic mass is 9.77. The summed E-state index contributed by atoms with van der Waals surface area (Å²) in [4.78, 5) is 0. The van der Waals surface area contributed by atoms with E-state index in [9.17, 15) is 0 Å². The number of hydrogen-bond donors (Lipinski definition) is 0. The topological polar surface area (TPSA) is 0 Å². The summed E-state index contributed by atoms with van der Waals surface area (Å²) in [6, 6.07) is 78.0. The summed E-state index contributed by atoms with van der Waals surface area (Å²) in [5, 5.41) is 13.0. The van der Waals surface area contributed by atoms with Gasteiger partial charge in [-0.2, -0.15) is 0 Å². The van der Waals surface area contributed by atoms with Crippen molar-refractivity contribution in [2.75, 3.05) is 0 Å². The molecule has 14 rings (SSSR count). The van der Waals surface area contributed by atoms with E-state index in [2.05, 4.69) is 206 Å². The quantitative estimate of drug-likeness (QED) is 0.152. The van der Waals surface area contributed by atoms with Crippen LogP contribution in [-0.4, -0.2) is 0 Å². The maximum Gasteiger partial charge on any atom is 0.0355 e. The molecule has 0 saturated heterocycles. The molecule has 286 valence electrons. The van der Waals surface area contributed by atoms with E-state index >= 15 is 0 Å². The largest absolute Gasteiger partial charge is 0.135 e. The van der Waals surface area contributed by atoms with Crippen LogP contribution in [0.25, 0.3) is 139 Å². The van der Waals surface area contributed by atoms with Crippen molar-refractivity contribution in [3.63, 3.8) is 0 Å². The van der Waals surface area contributed by atoms with Gasteiger partial charge in [0, 0.05) is 40.3 Å². The summed E-state index contributed by atoms with van der Waals surface area (Å²) in [6.45, 7) is 0. The molecule has 1 aliphatic rings. The normalized spacial score (nSPS) is 12.2. The van der Waals surface area contributed by atoms with Gasteiger partial charge in [-0.25, -0.2) is 0 Å². The molecular formula is C60H34S2. The van der Waals surface area contributed by atoms with E-state index < -0.39 is 0 Å². The highest BCUT2D eigenvalue weighted by Gasteiger charge is 2.26. The molecule has 2 heterocycles. The van der Waals surface area contributed by atoms with Gasteiger partial charge in [0.1, 0.15) is 0 Å². The fourth-order valence-corrected chi connectivity index (χ4v) is 12.8. The van der Waals surface area contributed by atoms with Crippen LogP contribution in [0.5, 0.6) is 0 Å². The maximum absolute atomic E-state index is 2.51. The summed E-state index contributed by atoms with van der Waals surface area (Å²) in [5.41, 5.74) is 15.0. The van der Waals surface area contributed by atoms with E-state index in [1.165, 1.54) is 139 Å². The minimum absolute atomic E-state index is 1.23. The standard InChI is InChI=1S/C60H34S2/c1-3-15-39-37(13-1)38-14-2-4-16-40(38)52-34-54-44-20-8-6-18-42(44)50-32-48(36-26-28-60-56(30-36)46-22-10-12-24-58(46)62-60)47(31-49(50)41-17-5-7-19-43(41)53(54)33-51(39)52)35-25-27-59-55(29-35)45-21-9-11-23-57(45)61-59/h1-34H. The summed E-state index contributed by atoms with van der Waals surface area (Å²) in [7, 11) is 0. The van der Waals surface area contributed by atoms with Gasteiger partial charge in [-0.1, -0.05) is 146 Å². The third-order valence-corrected chi connectivity index (χ3v) is 15.7.